The number of aromatic hydroxyl groups is 1. The standard InChI is InChI=1S/C21H27NO5/c1-12-5-4-6-18(13(12)2)22-21(25)14(3)27-20(24)9-15-11-26-19-10-16(23)7-8-17(15)19/h7-8,10-14,18,23H,4-6,9H2,1-3H3,(H,22,25)/t12-,13+,14+,18+/m0/s1. The molecule has 2 N–H and O–H groups in total. The summed E-state index contributed by atoms with van der Waals surface area (Å²) in [5.41, 5.74) is 1.17. The summed E-state index contributed by atoms with van der Waals surface area (Å²) in [6, 6.07) is 4.85. The molecule has 3 rings (SSSR count). The summed E-state index contributed by atoms with van der Waals surface area (Å²) in [6.45, 7) is 5.96. The Hall–Kier alpha value is -2.50. The summed E-state index contributed by atoms with van der Waals surface area (Å²) in [5, 5.41) is 13.3. The van der Waals surface area contributed by atoms with E-state index in [1.807, 2.05) is 0 Å². The molecule has 2 aromatic rings. The second-order valence-corrected chi connectivity index (χ2v) is 7.63. The number of esters is 1. The predicted octanol–water partition coefficient (Wildman–Crippen LogP) is 3.55. The number of fused-ring (bicyclic) bond motifs is 1. The predicted molar refractivity (Wildman–Crippen MR) is 101 cm³/mol. The lowest BCUT2D eigenvalue weighted by Gasteiger charge is -2.35. The highest BCUT2D eigenvalue weighted by atomic mass is 16.5. The second-order valence-electron chi connectivity index (χ2n) is 7.63. The van der Waals surface area contributed by atoms with Crippen LogP contribution >= 0.6 is 0 Å². The van der Waals surface area contributed by atoms with Gasteiger partial charge in [0.15, 0.2) is 6.10 Å². The lowest BCUT2D eigenvalue weighted by Crippen LogP contribution is -2.47. The topological polar surface area (TPSA) is 88.8 Å². The Bertz CT molecular complexity index is 827. The lowest BCUT2D eigenvalue weighted by atomic mass is 9.78. The molecular formula is C21H27NO5. The van der Waals surface area contributed by atoms with Gasteiger partial charge in [0, 0.05) is 23.1 Å². The van der Waals surface area contributed by atoms with E-state index in [-0.39, 0.29) is 24.1 Å². The Morgan fingerprint density at radius 1 is 1.33 bits per heavy atom. The van der Waals surface area contributed by atoms with Crippen molar-refractivity contribution < 1.29 is 23.8 Å². The molecule has 0 radical (unpaired) electrons. The fraction of sp³-hybridized carbons (Fsp3) is 0.524. The van der Waals surface area contributed by atoms with Gasteiger partial charge in [0.2, 0.25) is 0 Å². The molecule has 4 atom stereocenters. The minimum absolute atomic E-state index is 0.00621. The molecule has 1 amide bonds. The Kier molecular flexibility index (Phi) is 5.73. The van der Waals surface area contributed by atoms with Gasteiger partial charge < -0.3 is 19.6 Å². The molecule has 6 nitrogen and oxygen atoms in total. The molecule has 1 aliphatic rings. The number of nitrogens with one attached hydrogen (secondary N) is 1. The van der Waals surface area contributed by atoms with Gasteiger partial charge in [-0.15, -0.1) is 0 Å². The smallest absolute Gasteiger partial charge is 0.311 e. The van der Waals surface area contributed by atoms with Crippen molar-refractivity contribution in [3.8, 4) is 5.75 Å². The average molecular weight is 373 g/mol. The molecule has 1 fully saturated rings. The number of hydrogen-bond acceptors (Lipinski definition) is 5. The Labute approximate surface area is 158 Å². The maximum absolute atomic E-state index is 12.4. The average Bonchev–Trinajstić information content (AvgIpc) is 3.00. The molecule has 6 heteroatoms. The van der Waals surface area contributed by atoms with E-state index in [0.717, 1.165) is 18.2 Å². The fourth-order valence-corrected chi connectivity index (χ4v) is 3.74. The molecular weight excluding hydrogens is 346 g/mol. The van der Waals surface area contributed by atoms with Crippen LogP contribution < -0.4 is 5.32 Å². The molecule has 0 bridgehead atoms. The highest BCUT2D eigenvalue weighted by Gasteiger charge is 2.30. The van der Waals surface area contributed by atoms with E-state index in [2.05, 4.69) is 19.2 Å². The maximum atomic E-state index is 12.4. The molecule has 1 saturated carbocycles. The number of ether oxygens (including phenoxy) is 1. The summed E-state index contributed by atoms with van der Waals surface area (Å²) in [4.78, 5) is 24.7. The largest absolute Gasteiger partial charge is 0.508 e. The van der Waals surface area contributed by atoms with E-state index >= 15 is 0 Å². The second kappa shape index (κ2) is 8.03. The first-order valence-corrected chi connectivity index (χ1v) is 9.54. The Morgan fingerprint density at radius 2 is 2.11 bits per heavy atom. The van der Waals surface area contributed by atoms with Gasteiger partial charge in [0.25, 0.3) is 5.91 Å². The third-order valence-corrected chi connectivity index (χ3v) is 5.69. The summed E-state index contributed by atoms with van der Waals surface area (Å²) in [7, 11) is 0. The Balaban J connectivity index is 1.55. The normalized spacial score (nSPS) is 23.7. The van der Waals surface area contributed by atoms with Crippen LogP contribution in [0, 0.1) is 11.8 Å². The van der Waals surface area contributed by atoms with Crippen molar-refractivity contribution >= 4 is 22.8 Å². The van der Waals surface area contributed by atoms with Gasteiger partial charge in [-0.1, -0.05) is 26.7 Å². The minimum Gasteiger partial charge on any atom is -0.508 e. The van der Waals surface area contributed by atoms with Crippen molar-refractivity contribution in [2.45, 2.75) is 58.6 Å². The van der Waals surface area contributed by atoms with Gasteiger partial charge in [-0.25, -0.2) is 0 Å². The van der Waals surface area contributed by atoms with Crippen molar-refractivity contribution in [3.05, 3.63) is 30.0 Å². The number of benzene rings is 1. The van der Waals surface area contributed by atoms with E-state index in [0.29, 0.717) is 23.0 Å². The zero-order valence-corrected chi connectivity index (χ0v) is 16.0. The number of carbonyl (C=O) groups is 2. The molecule has 27 heavy (non-hydrogen) atoms. The van der Waals surface area contributed by atoms with Crippen LogP contribution in [-0.4, -0.2) is 29.1 Å². The van der Waals surface area contributed by atoms with E-state index in [1.165, 1.54) is 24.8 Å². The summed E-state index contributed by atoms with van der Waals surface area (Å²) in [5.74, 6) is 0.354. The molecule has 1 aromatic carbocycles. The van der Waals surface area contributed by atoms with Gasteiger partial charge in [-0.2, -0.15) is 0 Å². The summed E-state index contributed by atoms with van der Waals surface area (Å²) in [6.07, 6.45) is 3.89. The number of furan rings is 1. The number of amides is 1. The van der Waals surface area contributed by atoms with Crippen LogP contribution in [-0.2, 0) is 20.7 Å². The van der Waals surface area contributed by atoms with Gasteiger partial charge in [-0.3, -0.25) is 9.59 Å². The third kappa shape index (κ3) is 4.43. The van der Waals surface area contributed by atoms with Gasteiger partial charge in [-0.05, 0) is 37.3 Å². The number of carbonyl (C=O) groups excluding carboxylic acids is 2. The molecule has 146 valence electrons. The Morgan fingerprint density at radius 3 is 2.89 bits per heavy atom. The van der Waals surface area contributed by atoms with Crippen molar-refractivity contribution in [2.24, 2.45) is 11.8 Å². The van der Waals surface area contributed by atoms with Crippen LogP contribution in [0.1, 0.15) is 45.6 Å². The lowest BCUT2D eigenvalue weighted by molar-refractivity contribution is -0.154. The van der Waals surface area contributed by atoms with Crippen LogP contribution in [0.4, 0.5) is 0 Å². The quantitative estimate of drug-likeness (QED) is 0.783. The zero-order valence-electron chi connectivity index (χ0n) is 16.0. The molecule has 0 spiro atoms. The first kappa shape index (κ1) is 19.3. The van der Waals surface area contributed by atoms with Crippen LogP contribution in [0.25, 0.3) is 11.0 Å². The minimum atomic E-state index is -0.843. The van der Waals surface area contributed by atoms with Crippen LogP contribution in [0.2, 0.25) is 0 Å². The van der Waals surface area contributed by atoms with E-state index in [4.69, 9.17) is 9.15 Å². The van der Waals surface area contributed by atoms with Gasteiger partial charge in [0.1, 0.15) is 11.3 Å². The summed E-state index contributed by atoms with van der Waals surface area (Å²) < 4.78 is 10.7. The van der Waals surface area contributed by atoms with Crippen LogP contribution in [0.5, 0.6) is 5.75 Å². The molecule has 0 saturated heterocycles. The molecule has 1 aromatic heterocycles. The maximum Gasteiger partial charge on any atom is 0.311 e. The number of rotatable bonds is 5. The molecule has 1 heterocycles. The highest BCUT2D eigenvalue weighted by Crippen LogP contribution is 2.29. The van der Waals surface area contributed by atoms with E-state index in [1.54, 1.807) is 13.0 Å². The third-order valence-electron chi connectivity index (χ3n) is 5.69. The molecule has 0 unspecified atom stereocenters. The van der Waals surface area contributed by atoms with Crippen molar-refractivity contribution in [2.75, 3.05) is 0 Å². The zero-order chi connectivity index (χ0) is 19.6. The molecule has 1 aliphatic carbocycles. The van der Waals surface area contributed by atoms with Gasteiger partial charge >= 0.3 is 5.97 Å². The van der Waals surface area contributed by atoms with Crippen molar-refractivity contribution in [3.63, 3.8) is 0 Å². The monoisotopic (exact) mass is 373 g/mol. The van der Waals surface area contributed by atoms with E-state index < -0.39 is 12.1 Å². The summed E-state index contributed by atoms with van der Waals surface area (Å²) >= 11 is 0. The number of phenols is 1. The SMILES string of the molecule is C[C@@H]1[C@@H](C)CCC[C@H]1NC(=O)[C@@H](C)OC(=O)Cc1coc2cc(O)ccc12. The number of hydrogen-bond donors (Lipinski definition) is 2. The first-order valence-electron chi connectivity index (χ1n) is 9.54. The first-order chi connectivity index (χ1) is 12.8. The highest BCUT2D eigenvalue weighted by molar-refractivity contribution is 5.88. The van der Waals surface area contributed by atoms with Crippen molar-refractivity contribution in [1.82, 2.24) is 5.32 Å². The van der Waals surface area contributed by atoms with E-state index in [9.17, 15) is 14.7 Å². The van der Waals surface area contributed by atoms with Crippen LogP contribution in [0.3, 0.4) is 0 Å². The number of phenolic OH excluding ortho intramolecular Hbond substituents is 1. The van der Waals surface area contributed by atoms with Gasteiger partial charge in [0.05, 0.1) is 12.7 Å². The fourth-order valence-electron chi connectivity index (χ4n) is 3.74. The van der Waals surface area contributed by atoms with Crippen LogP contribution in [0.15, 0.2) is 28.9 Å². The molecule has 0 aliphatic heterocycles. The van der Waals surface area contributed by atoms with Crippen molar-refractivity contribution in [1.29, 1.82) is 0 Å².